The Morgan fingerprint density at radius 3 is 2.18 bits per heavy atom. The van der Waals surface area contributed by atoms with E-state index in [1.54, 1.807) is 6.92 Å². The largest absolute Gasteiger partial charge is 0.464 e. The minimum atomic E-state index is -0.991. The van der Waals surface area contributed by atoms with Gasteiger partial charge < -0.3 is 15.1 Å². The highest BCUT2D eigenvalue weighted by Gasteiger charge is 2.07. The van der Waals surface area contributed by atoms with Crippen LogP contribution in [0.15, 0.2) is 5.34 Å². The Kier molecular flexibility index (Phi) is 10.0. The highest BCUT2D eigenvalue weighted by atomic mass is 16.6. The molecule has 0 fully saturated rings. The molecule has 0 aliphatic rings. The number of carbonyl (C=O) groups excluding carboxylic acids is 1. The van der Waals surface area contributed by atoms with Gasteiger partial charge in [0.05, 0.1) is 6.61 Å². The number of nitrogens with zero attached hydrogens (tertiary/aromatic N) is 1. The van der Waals surface area contributed by atoms with Crippen molar-refractivity contribution in [2.75, 3.05) is 6.61 Å². The third-order valence-corrected chi connectivity index (χ3v) is 0.628. The van der Waals surface area contributed by atoms with Crippen LogP contribution in [0.3, 0.4) is 0 Å². The van der Waals surface area contributed by atoms with Gasteiger partial charge in [-0.15, -0.1) is 4.91 Å². The molecule has 2 N–H and O–H groups in total. The van der Waals surface area contributed by atoms with Crippen molar-refractivity contribution in [3.05, 3.63) is 4.91 Å². The number of carbonyl (C=O) groups is 1. The van der Waals surface area contributed by atoms with Gasteiger partial charge in [-0.3, -0.25) is 0 Å². The summed E-state index contributed by atoms with van der Waals surface area (Å²) < 4.78 is 4.41. The van der Waals surface area contributed by atoms with E-state index in [2.05, 4.69) is 4.74 Å². The molecule has 0 bridgehead atoms. The number of aliphatic hydroxyl groups is 1. The molecule has 0 amide bonds. The maximum absolute atomic E-state index is 10.3. The summed E-state index contributed by atoms with van der Waals surface area (Å²) in [5, 5.41) is 16.4. The molecule has 6 heteroatoms. The normalized spacial score (nSPS) is 10.5. The Hall–Kier alpha value is -1.17. The smallest absolute Gasteiger partial charge is 0.334 e. The van der Waals surface area contributed by atoms with Gasteiger partial charge in [0.15, 0.2) is 5.34 Å². The Balaban J connectivity index is 0. The second-order valence-electron chi connectivity index (χ2n) is 1.51. The Bertz CT molecular complexity index is 113. The van der Waals surface area contributed by atoms with E-state index >= 15 is 0 Å². The van der Waals surface area contributed by atoms with Crippen LogP contribution in [0, 0.1) is 4.91 Å². The van der Waals surface area contributed by atoms with E-state index < -0.39 is 12.1 Å². The summed E-state index contributed by atoms with van der Waals surface area (Å²) >= 11 is 0. The van der Waals surface area contributed by atoms with E-state index in [-0.39, 0.29) is 0 Å². The summed E-state index contributed by atoms with van der Waals surface area (Å²) in [4.78, 5) is 18.4. The molecule has 0 spiro atoms. The lowest BCUT2D eigenvalue weighted by molar-refractivity contribution is -0.151. The summed E-state index contributed by atoms with van der Waals surface area (Å²) in [6.07, 6.45) is -0.991. The molecule has 66 valence electrons. The van der Waals surface area contributed by atoms with Crippen LogP contribution < -0.4 is 0 Å². The summed E-state index contributed by atoms with van der Waals surface area (Å²) in [5.74, 6) is -0.562. The molecule has 6 nitrogen and oxygen atoms in total. The van der Waals surface area contributed by atoms with Gasteiger partial charge in [0.25, 0.3) is 0 Å². The third kappa shape index (κ3) is 12.1. The van der Waals surface area contributed by atoms with E-state index in [1.807, 2.05) is 0 Å². The van der Waals surface area contributed by atoms with E-state index in [1.165, 1.54) is 12.3 Å². The van der Waals surface area contributed by atoms with Gasteiger partial charge in [-0.05, 0) is 13.8 Å². The molecule has 0 aromatic rings. The molecule has 1 unspecified atom stereocenters. The maximum atomic E-state index is 10.3. The zero-order valence-electron chi connectivity index (χ0n) is 6.35. The van der Waals surface area contributed by atoms with Gasteiger partial charge in [0.2, 0.25) is 0 Å². The van der Waals surface area contributed by atoms with Gasteiger partial charge in [0, 0.05) is 0 Å². The molecule has 11 heavy (non-hydrogen) atoms. The maximum Gasteiger partial charge on any atom is 0.334 e. The minimum absolute atomic E-state index is 0.323. The topological polar surface area (TPSA) is 96.2 Å². The van der Waals surface area contributed by atoms with Crippen molar-refractivity contribution >= 4 is 5.97 Å². The van der Waals surface area contributed by atoms with Crippen LogP contribution in [0.2, 0.25) is 0 Å². The minimum Gasteiger partial charge on any atom is -0.464 e. The average molecular weight is 165 g/mol. The summed E-state index contributed by atoms with van der Waals surface area (Å²) in [5.41, 5.74) is 0. The number of rotatable bonds is 2. The summed E-state index contributed by atoms with van der Waals surface area (Å²) in [7, 11) is 0. The van der Waals surface area contributed by atoms with Crippen LogP contribution in [0.5, 0.6) is 0 Å². The van der Waals surface area contributed by atoms with E-state index in [4.69, 9.17) is 15.2 Å². The molecule has 0 aromatic carbocycles. The molecule has 0 aliphatic carbocycles. The molecular formula is C5H11NO5. The quantitative estimate of drug-likeness (QED) is 0.343. The fourth-order valence-corrected chi connectivity index (χ4v) is 0.263. The Morgan fingerprint density at radius 1 is 1.73 bits per heavy atom. The van der Waals surface area contributed by atoms with Crippen molar-refractivity contribution in [2.24, 2.45) is 5.34 Å². The van der Waals surface area contributed by atoms with E-state index in [0.29, 0.717) is 6.61 Å². The fourth-order valence-electron chi connectivity index (χ4n) is 0.263. The first-order valence-corrected chi connectivity index (χ1v) is 2.91. The SMILES string of the molecule is CCOC(=O)C(C)O.O=NO. The fraction of sp³-hybridized carbons (Fsp3) is 0.800. The van der Waals surface area contributed by atoms with Gasteiger partial charge >= 0.3 is 5.97 Å². The van der Waals surface area contributed by atoms with E-state index in [9.17, 15) is 4.79 Å². The molecule has 0 radical (unpaired) electrons. The standard InChI is InChI=1S/C5H10O3.HNO2/c1-3-8-5(7)4(2)6;2-1-3/h4,6H,3H2,1-2H3;(H,2,3). The van der Waals surface area contributed by atoms with Crippen LogP contribution in [-0.2, 0) is 9.53 Å². The number of hydrogen-bond acceptors (Lipinski definition) is 5. The second kappa shape index (κ2) is 8.83. The number of esters is 1. The third-order valence-electron chi connectivity index (χ3n) is 0.628. The van der Waals surface area contributed by atoms with Gasteiger partial charge in [-0.25, -0.2) is 4.79 Å². The molecule has 0 saturated carbocycles. The van der Waals surface area contributed by atoms with Crippen LogP contribution in [0.1, 0.15) is 13.8 Å². The number of ether oxygens (including phenoxy) is 1. The van der Waals surface area contributed by atoms with Gasteiger partial charge in [-0.2, -0.15) is 0 Å². The zero-order valence-corrected chi connectivity index (χ0v) is 6.35. The van der Waals surface area contributed by atoms with Crippen molar-refractivity contribution in [3.8, 4) is 0 Å². The van der Waals surface area contributed by atoms with Crippen molar-refractivity contribution < 1.29 is 19.8 Å². The van der Waals surface area contributed by atoms with Crippen LogP contribution in [-0.4, -0.2) is 29.0 Å². The van der Waals surface area contributed by atoms with Crippen molar-refractivity contribution in [1.82, 2.24) is 0 Å². The molecule has 0 aromatic heterocycles. The summed E-state index contributed by atoms with van der Waals surface area (Å²) in [6, 6.07) is 0. The second-order valence-corrected chi connectivity index (χ2v) is 1.51. The lowest BCUT2D eigenvalue weighted by Gasteiger charge is -2.01. The number of hydrogen-bond donors (Lipinski definition) is 2. The molecule has 0 saturated heterocycles. The van der Waals surface area contributed by atoms with Crippen molar-refractivity contribution in [2.45, 2.75) is 20.0 Å². The van der Waals surface area contributed by atoms with Crippen LogP contribution in [0.4, 0.5) is 0 Å². The highest BCUT2D eigenvalue weighted by molar-refractivity contribution is 5.73. The predicted octanol–water partition coefficient (Wildman–Crippen LogP) is 0.0723. The Labute approximate surface area is 63.7 Å². The van der Waals surface area contributed by atoms with Gasteiger partial charge in [0.1, 0.15) is 6.10 Å². The molecule has 0 aliphatic heterocycles. The Morgan fingerprint density at radius 2 is 2.09 bits per heavy atom. The monoisotopic (exact) mass is 165 g/mol. The van der Waals surface area contributed by atoms with Gasteiger partial charge in [-0.1, -0.05) is 0 Å². The highest BCUT2D eigenvalue weighted by Crippen LogP contribution is 1.84. The van der Waals surface area contributed by atoms with E-state index in [0.717, 1.165) is 0 Å². The molecule has 1 atom stereocenters. The summed E-state index contributed by atoms with van der Waals surface area (Å²) in [6.45, 7) is 3.39. The average Bonchev–Trinajstić information content (AvgIpc) is 1.90. The molecule has 0 rings (SSSR count). The van der Waals surface area contributed by atoms with Crippen molar-refractivity contribution in [1.29, 1.82) is 0 Å². The zero-order chi connectivity index (χ0) is 9.28. The molecular weight excluding hydrogens is 154 g/mol. The first-order valence-electron chi connectivity index (χ1n) is 2.91. The first kappa shape index (κ1) is 12.5. The lowest BCUT2D eigenvalue weighted by Crippen LogP contribution is -2.18. The van der Waals surface area contributed by atoms with Crippen LogP contribution in [0.25, 0.3) is 0 Å². The predicted molar refractivity (Wildman–Crippen MR) is 35.9 cm³/mol. The van der Waals surface area contributed by atoms with Crippen molar-refractivity contribution in [3.63, 3.8) is 0 Å². The number of aliphatic hydroxyl groups excluding tert-OH is 1. The molecule has 0 heterocycles. The van der Waals surface area contributed by atoms with Crippen LogP contribution >= 0.6 is 0 Å². The lowest BCUT2D eigenvalue weighted by atomic mass is 10.4. The first-order chi connectivity index (χ1) is 5.09.